The summed E-state index contributed by atoms with van der Waals surface area (Å²) in [7, 11) is 0. The third kappa shape index (κ3) is 3.11. The zero-order valence-corrected chi connectivity index (χ0v) is 14.3. The van der Waals surface area contributed by atoms with Gasteiger partial charge in [0.2, 0.25) is 0 Å². The van der Waals surface area contributed by atoms with Crippen LogP contribution in [0.2, 0.25) is 15.2 Å². The quantitative estimate of drug-likeness (QED) is 0.442. The Balaban J connectivity index is 2.11. The number of hydrogen-bond acceptors (Lipinski definition) is 2. The van der Waals surface area contributed by atoms with Crippen LogP contribution in [0.15, 0.2) is 46.9 Å². The fraction of sp³-hybridized carbons (Fsp3) is 0. The van der Waals surface area contributed by atoms with Gasteiger partial charge in [0, 0.05) is 14.9 Å². The molecule has 2 nitrogen and oxygen atoms in total. The molecule has 0 saturated carbocycles. The molecule has 1 aromatic heterocycles. The van der Waals surface area contributed by atoms with E-state index < -0.39 is 0 Å². The summed E-state index contributed by atoms with van der Waals surface area (Å²) >= 11 is 21.8. The highest BCUT2D eigenvalue weighted by Crippen LogP contribution is 2.40. The number of ether oxygens (including phenoxy) is 1. The molecular formula is C15H7BrCl3NO. The largest absolute Gasteiger partial charge is 0.453 e. The van der Waals surface area contributed by atoms with E-state index >= 15 is 0 Å². The van der Waals surface area contributed by atoms with Gasteiger partial charge in [-0.2, -0.15) is 0 Å². The van der Waals surface area contributed by atoms with Crippen molar-refractivity contribution in [3.8, 4) is 11.5 Å². The molecule has 21 heavy (non-hydrogen) atoms. The maximum atomic E-state index is 6.40. The fourth-order valence-corrected chi connectivity index (χ4v) is 2.90. The first-order valence-electron chi connectivity index (χ1n) is 5.92. The first kappa shape index (κ1) is 14.9. The molecule has 0 atom stereocenters. The topological polar surface area (TPSA) is 22.1 Å². The summed E-state index contributed by atoms with van der Waals surface area (Å²) in [5.74, 6) is 0.908. The van der Waals surface area contributed by atoms with Crippen molar-refractivity contribution in [1.29, 1.82) is 0 Å². The standard InChI is InChI=1S/C15H7BrCl3NO/c16-8-1-6-12-11(7-8)13(18)14(15(19)20-12)21-10-4-2-9(17)3-5-10/h1-7H. The van der Waals surface area contributed by atoms with E-state index in [9.17, 15) is 0 Å². The van der Waals surface area contributed by atoms with Gasteiger partial charge in [0.1, 0.15) is 5.75 Å². The first-order chi connectivity index (χ1) is 10.0. The monoisotopic (exact) mass is 401 g/mol. The van der Waals surface area contributed by atoms with Crippen molar-refractivity contribution in [3.63, 3.8) is 0 Å². The molecule has 0 spiro atoms. The second-order valence-electron chi connectivity index (χ2n) is 4.26. The van der Waals surface area contributed by atoms with Crippen LogP contribution in [0.1, 0.15) is 0 Å². The molecule has 0 fully saturated rings. The van der Waals surface area contributed by atoms with Crippen molar-refractivity contribution < 1.29 is 4.74 Å². The molecule has 106 valence electrons. The van der Waals surface area contributed by atoms with E-state index in [1.165, 1.54) is 0 Å². The van der Waals surface area contributed by atoms with Crippen LogP contribution in [0.25, 0.3) is 10.9 Å². The van der Waals surface area contributed by atoms with Gasteiger partial charge in [-0.15, -0.1) is 0 Å². The summed E-state index contributed by atoms with van der Waals surface area (Å²) in [6.45, 7) is 0. The van der Waals surface area contributed by atoms with Crippen molar-refractivity contribution in [2.24, 2.45) is 0 Å². The molecule has 0 aliphatic heterocycles. The minimum absolute atomic E-state index is 0.213. The fourth-order valence-electron chi connectivity index (χ4n) is 1.86. The predicted molar refractivity (Wildman–Crippen MR) is 91.0 cm³/mol. The number of benzene rings is 2. The van der Waals surface area contributed by atoms with Gasteiger partial charge < -0.3 is 4.74 Å². The number of pyridine rings is 1. The molecule has 0 bridgehead atoms. The van der Waals surface area contributed by atoms with Gasteiger partial charge in [-0.3, -0.25) is 0 Å². The summed E-state index contributed by atoms with van der Waals surface area (Å²) in [6.07, 6.45) is 0. The molecule has 1 heterocycles. The number of halogens is 4. The third-order valence-electron chi connectivity index (χ3n) is 2.83. The van der Waals surface area contributed by atoms with Crippen LogP contribution in [-0.2, 0) is 0 Å². The van der Waals surface area contributed by atoms with Crippen LogP contribution in [0.5, 0.6) is 11.5 Å². The van der Waals surface area contributed by atoms with Crippen molar-refractivity contribution in [1.82, 2.24) is 4.98 Å². The lowest BCUT2D eigenvalue weighted by Crippen LogP contribution is -1.91. The Morgan fingerprint density at radius 3 is 2.38 bits per heavy atom. The molecule has 0 aliphatic carbocycles. The van der Waals surface area contributed by atoms with Gasteiger partial charge in [0.05, 0.1) is 10.5 Å². The average Bonchev–Trinajstić information content (AvgIpc) is 2.46. The molecule has 0 amide bonds. The van der Waals surface area contributed by atoms with Gasteiger partial charge in [-0.1, -0.05) is 50.7 Å². The zero-order valence-electron chi connectivity index (χ0n) is 10.4. The summed E-state index contributed by atoms with van der Waals surface area (Å²) < 4.78 is 6.64. The van der Waals surface area contributed by atoms with Crippen LogP contribution in [0.3, 0.4) is 0 Å². The Hall–Kier alpha value is -1.00. The Labute approximate surface area is 144 Å². The highest BCUT2D eigenvalue weighted by atomic mass is 79.9. The van der Waals surface area contributed by atoms with E-state index in [0.717, 1.165) is 9.86 Å². The zero-order chi connectivity index (χ0) is 15.0. The second kappa shape index (κ2) is 6.01. The molecule has 0 saturated heterocycles. The summed E-state index contributed by atoms with van der Waals surface area (Å²) in [5, 5.41) is 2.02. The van der Waals surface area contributed by atoms with Crippen LogP contribution in [0.4, 0.5) is 0 Å². The number of fused-ring (bicyclic) bond motifs is 1. The van der Waals surface area contributed by atoms with Crippen molar-refractivity contribution in [3.05, 3.63) is 62.1 Å². The average molecular weight is 403 g/mol. The van der Waals surface area contributed by atoms with Crippen LogP contribution in [-0.4, -0.2) is 4.98 Å². The lowest BCUT2D eigenvalue weighted by molar-refractivity contribution is 0.482. The van der Waals surface area contributed by atoms with E-state index in [0.29, 0.717) is 27.1 Å². The molecule has 3 aromatic rings. The number of hydrogen-bond donors (Lipinski definition) is 0. The molecule has 0 aliphatic rings. The molecule has 0 unspecified atom stereocenters. The molecule has 6 heteroatoms. The van der Waals surface area contributed by atoms with E-state index in [1.54, 1.807) is 24.3 Å². The van der Waals surface area contributed by atoms with Crippen molar-refractivity contribution >= 4 is 61.6 Å². The minimum Gasteiger partial charge on any atom is -0.453 e. The highest BCUT2D eigenvalue weighted by molar-refractivity contribution is 9.10. The Bertz CT molecular complexity index is 821. The van der Waals surface area contributed by atoms with Crippen molar-refractivity contribution in [2.45, 2.75) is 0 Å². The third-order valence-corrected chi connectivity index (χ3v) is 4.21. The summed E-state index contributed by atoms with van der Waals surface area (Å²) in [5.41, 5.74) is 0.705. The predicted octanol–water partition coefficient (Wildman–Crippen LogP) is 6.75. The Kier molecular flexibility index (Phi) is 4.27. The Morgan fingerprint density at radius 1 is 0.952 bits per heavy atom. The smallest absolute Gasteiger partial charge is 0.183 e. The maximum absolute atomic E-state index is 6.40. The number of rotatable bonds is 2. The van der Waals surface area contributed by atoms with Crippen LogP contribution < -0.4 is 4.74 Å². The SMILES string of the molecule is Clc1ccc(Oc2c(Cl)nc3ccc(Br)cc3c2Cl)cc1. The van der Waals surface area contributed by atoms with Gasteiger partial charge in [0.15, 0.2) is 10.9 Å². The van der Waals surface area contributed by atoms with Gasteiger partial charge in [-0.25, -0.2) is 4.98 Å². The maximum Gasteiger partial charge on any atom is 0.183 e. The molecule has 0 N–H and O–H groups in total. The lowest BCUT2D eigenvalue weighted by Gasteiger charge is -2.11. The van der Waals surface area contributed by atoms with Gasteiger partial charge in [-0.05, 0) is 42.5 Å². The Morgan fingerprint density at radius 2 is 1.67 bits per heavy atom. The first-order valence-corrected chi connectivity index (χ1v) is 7.85. The summed E-state index contributed by atoms with van der Waals surface area (Å²) in [6, 6.07) is 12.5. The normalized spacial score (nSPS) is 10.9. The lowest BCUT2D eigenvalue weighted by atomic mass is 10.2. The van der Waals surface area contributed by atoms with E-state index in [1.807, 2.05) is 18.2 Å². The van der Waals surface area contributed by atoms with Crippen LogP contribution in [0, 0.1) is 0 Å². The van der Waals surface area contributed by atoms with Crippen molar-refractivity contribution in [2.75, 3.05) is 0 Å². The van der Waals surface area contributed by atoms with Crippen LogP contribution >= 0.6 is 50.7 Å². The highest BCUT2D eigenvalue weighted by Gasteiger charge is 2.15. The number of aromatic nitrogens is 1. The molecule has 0 radical (unpaired) electrons. The second-order valence-corrected chi connectivity index (χ2v) is 6.35. The van der Waals surface area contributed by atoms with Gasteiger partial charge >= 0.3 is 0 Å². The summed E-state index contributed by atoms with van der Waals surface area (Å²) in [4.78, 5) is 4.30. The van der Waals surface area contributed by atoms with E-state index in [4.69, 9.17) is 39.5 Å². The van der Waals surface area contributed by atoms with E-state index in [-0.39, 0.29) is 5.15 Å². The molecular weight excluding hydrogens is 396 g/mol. The minimum atomic E-state index is 0.213. The van der Waals surface area contributed by atoms with E-state index in [2.05, 4.69) is 20.9 Å². The molecule has 2 aromatic carbocycles. The number of nitrogens with zero attached hydrogens (tertiary/aromatic N) is 1. The molecule has 3 rings (SSSR count). The van der Waals surface area contributed by atoms with Gasteiger partial charge in [0.25, 0.3) is 0 Å².